The van der Waals surface area contributed by atoms with Gasteiger partial charge in [-0.3, -0.25) is 4.90 Å². The fraction of sp³-hybridized carbons (Fsp3) is 0.615. The van der Waals surface area contributed by atoms with Crippen molar-refractivity contribution in [1.29, 1.82) is 0 Å². The normalized spacial score (nSPS) is 19.9. The molecular formula is C13H22N6O. The summed E-state index contributed by atoms with van der Waals surface area (Å²) < 4.78 is 0. The van der Waals surface area contributed by atoms with Crippen LogP contribution in [-0.2, 0) is 0 Å². The van der Waals surface area contributed by atoms with Gasteiger partial charge in [0, 0.05) is 19.1 Å². The first-order valence-electron chi connectivity index (χ1n) is 6.98. The molecule has 2 rings (SSSR count). The van der Waals surface area contributed by atoms with Crippen molar-refractivity contribution in [3.63, 3.8) is 0 Å². The Morgan fingerprint density at radius 2 is 2.20 bits per heavy atom. The number of amidine groups is 1. The highest BCUT2D eigenvalue weighted by molar-refractivity contribution is 5.94. The Labute approximate surface area is 119 Å². The quantitative estimate of drug-likeness (QED) is 0.352. The van der Waals surface area contributed by atoms with E-state index in [1.54, 1.807) is 6.20 Å². The largest absolute Gasteiger partial charge is 0.409 e. The van der Waals surface area contributed by atoms with Crippen LogP contribution >= 0.6 is 0 Å². The molecule has 1 aromatic rings. The summed E-state index contributed by atoms with van der Waals surface area (Å²) >= 11 is 0. The van der Waals surface area contributed by atoms with Crippen LogP contribution in [0.1, 0.15) is 26.0 Å². The van der Waals surface area contributed by atoms with E-state index < -0.39 is 0 Å². The third kappa shape index (κ3) is 2.98. The molecule has 110 valence electrons. The van der Waals surface area contributed by atoms with E-state index in [1.807, 2.05) is 0 Å². The molecule has 20 heavy (non-hydrogen) atoms. The van der Waals surface area contributed by atoms with E-state index >= 15 is 0 Å². The number of rotatable bonds is 5. The zero-order valence-corrected chi connectivity index (χ0v) is 12.0. The summed E-state index contributed by atoms with van der Waals surface area (Å²) in [7, 11) is 0. The lowest BCUT2D eigenvalue weighted by molar-refractivity contribution is 0.232. The maximum absolute atomic E-state index is 8.60. The van der Waals surface area contributed by atoms with Crippen LogP contribution < -0.4 is 10.6 Å². The third-order valence-corrected chi connectivity index (χ3v) is 3.82. The van der Waals surface area contributed by atoms with Gasteiger partial charge in [-0.05, 0) is 19.5 Å². The topological polar surface area (TPSA) is 90.9 Å². The molecular weight excluding hydrogens is 256 g/mol. The van der Waals surface area contributed by atoms with Crippen LogP contribution in [0, 0.1) is 0 Å². The smallest absolute Gasteiger partial charge is 0.190 e. The van der Waals surface area contributed by atoms with E-state index in [4.69, 9.17) is 10.9 Å². The Kier molecular flexibility index (Phi) is 4.73. The van der Waals surface area contributed by atoms with Gasteiger partial charge in [-0.2, -0.15) is 0 Å². The molecule has 1 atom stereocenters. The molecule has 1 saturated heterocycles. The zero-order valence-electron chi connectivity index (χ0n) is 12.0. The van der Waals surface area contributed by atoms with Crippen molar-refractivity contribution in [3.05, 3.63) is 18.1 Å². The van der Waals surface area contributed by atoms with Crippen LogP contribution in [0.5, 0.6) is 0 Å². The van der Waals surface area contributed by atoms with Gasteiger partial charge in [0.1, 0.15) is 11.5 Å². The number of anilines is 1. The summed E-state index contributed by atoms with van der Waals surface area (Å²) in [4.78, 5) is 13.2. The van der Waals surface area contributed by atoms with Crippen molar-refractivity contribution in [2.45, 2.75) is 26.3 Å². The molecule has 1 aromatic heterocycles. The molecule has 1 fully saturated rings. The van der Waals surface area contributed by atoms with E-state index in [9.17, 15) is 0 Å². The van der Waals surface area contributed by atoms with Gasteiger partial charge in [0.05, 0.1) is 12.4 Å². The minimum Gasteiger partial charge on any atom is -0.409 e. The summed E-state index contributed by atoms with van der Waals surface area (Å²) in [5.74, 6) is 0.820. The van der Waals surface area contributed by atoms with E-state index in [2.05, 4.69) is 38.8 Å². The Morgan fingerprint density at radius 3 is 2.75 bits per heavy atom. The van der Waals surface area contributed by atoms with Crippen molar-refractivity contribution < 1.29 is 5.21 Å². The lowest BCUT2D eigenvalue weighted by atomic mass is 10.2. The van der Waals surface area contributed by atoms with E-state index in [1.165, 1.54) is 6.20 Å². The molecule has 7 heteroatoms. The van der Waals surface area contributed by atoms with Crippen molar-refractivity contribution in [1.82, 2.24) is 14.9 Å². The van der Waals surface area contributed by atoms with Gasteiger partial charge in [-0.15, -0.1) is 0 Å². The first kappa shape index (κ1) is 14.5. The van der Waals surface area contributed by atoms with Crippen LogP contribution in [0.2, 0.25) is 0 Å². The van der Waals surface area contributed by atoms with Crippen LogP contribution in [0.4, 0.5) is 5.82 Å². The minimum atomic E-state index is -0.0218. The monoisotopic (exact) mass is 278 g/mol. The van der Waals surface area contributed by atoms with Crippen LogP contribution in [-0.4, -0.2) is 58.1 Å². The van der Waals surface area contributed by atoms with Gasteiger partial charge in [0.25, 0.3) is 0 Å². The molecule has 0 amide bonds. The number of aromatic nitrogens is 2. The van der Waals surface area contributed by atoms with Crippen LogP contribution in [0.3, 0.4) is 0 Å². The zero-order chi connectivity index (χ0) is 14.5. The first-order valence-corrected chi connectivity index (χ1v) is 6.98. The number of hydrogen-bond donors (Lipinski definition) is 2. The van der Waals surface area contributed by atoms with Gasteiger partial charge in [-0.1, -0.05) is 19.0 Å². The van der Waals surface area contributed by atoms with Gasteiger partial charge in [-0.25, -0.2) is 9.97 Å². The predicted molar refractivity (Wildman–Crippen MR) is 78.1 cm³/mol. The van der Waals surface area contributed by atoms with Gasteiger partial charge < -0.3 is 15.8 Å². The molecule has 7 nitrogen and oxygen atoms in total. The molecule has 3 N–H and O–H groups in total. The van der Waals surface area contributed by atoms with Gasteiger partial charge >= 0.3 is 0 Å². The molecule has 0 bridgehead atoms. The summed E-state index contributed by atoms with van der Waals surface area (Å²) in [6.45, 7) is 8.49. The first-order chi connectivity index (χ1) is 9.69. The minimum absolute atomic E-state index is 0.0218. The Hall–Kier alpha value is -1.89. The Bertz CT molecular complexity index is 456. The number of nitrogens with two attached hydrogens (primary N) is 1. The Morgan fingerprint density at radius 1 is 1.45 bits per heavy atom. The summed E-state index contributed by atoms with van der Waals surface area (Å²) in [5, 5.41) is 11.5. The molecule has 0 saturated carbocycles. The highest BCUT2D eigenvalue weighted by Crippen LogP contribution is 2.20. The van der Waals surface area contributed by atoms with E-state index in [0.717, 1.165) is 38.4 Å². The van der Waals surface area contributed by atoms with Crippen molar-refractivity contribution in [2.75, 3.05) is 31.1 Å². The van der Waals surface area contributed by atoms with Crippen molar-refractivity contribution in [2.24, 2.45) is 10.9 Å². The Balaban J connectivity index is 2.03. The lowest BCUT2D eigenvalue weighted by Crippen LogP contribution is -2.37. The number of hydrogen-bond acceptors (Lipinski definition) is 6. The van der Waals surface area contributed by atoms with Gasteiger partial charge in [0.15, 0.2) is 5.84 Å². The number of oxime groups is 1. The molecule has 0 aromatic carbocycles. The fourth-order valence-electron chi connectivity index (χ4n) is 2.66. The summed E-state index contributed by atoms with van der Waals surface area (Å²) in [6, 6.07) is 0.579. The van der Waals surface area contributed by atoms with Crippen molar-refractivity contribution >= 4 is 11.7 Å². The second-order valence-electron chi connectivity index (χ2n) is 4.85. The maximum Gasteiger partial charge on any atom is 0.190 e. The third-order valence-electron chi connectivity index (χ3n) is 3.82. The molecule has 1 aliphatic rings. The molecule has 0 aliphatic carbocycles. The molecule has 0 radical (unpaired) electrons. The molecule has 0 spiro atoms. The summed E-state index contributed by atoms with van der Waals surface area (Å²) in [5.41, 5.74) is 5.86. The number of likely N-dealkylation sites (N-methyl/N-ethyl adjacent to an activating group) is 1. The second kappa shape index (κ2) is 6.51. The average Bonchev–Trinajstić information content (AvgIpc) is 2.97. The highest BCUT2D eigenvalue weighted by atomic mass is 16.4. The van der Waals surface area contributed by atoms with Crippen LogP contribution in [0.25, 0.3) is 0 Å². The average molecular weight is 278 g/mol. The second-order valence-corrected chi connectivity index (χ2v) is 4.85. The fourth-order valence-corrected chi connectivity index (χ4v) is 2.66. The summed E-state index contributed by atoms with van der Waals surface area (Å²) in [6.07, 6.45) is 4.36. The van der Waals surface area contributed by atoms with E-state index in [-0.39, 0.29) is 5.84 Å². The van der Waals surface area contributed by atoms with Crippen LogP contribution in [0.15, 0.2) is 17.5 Å². The van der Waals surface area contributed by atoms with E-state index in [0.29, 0.717) is 11.7 Å². The predicted octanol–water partition coefficient (Wildman–Crippen LogP) is 0.492. The van der Waals surface area contributed by atoms with Crippen molar-refractivity contribution in [3.8, 4) is 0 Å². The number of nitrogens with zero attached hydrogens (tertiary/aromatic N) is 5. The molecule has 1 unspecified atom stereocenters. The standard InChI is InChI=1S/C13H22N6O/c1-3-18(4-2)10-5-6-19(9-10)12-8-15-11(7-16-12)13(14)17-20/h7-8,10,20H,3-6,9H2,1-2H3,(H2,14,17). The highest BCUT2D eigenvalue weighted by Gasteiger charge is 2.27. The maximum atomic E-state index is 8.60. The van der Waals surface area contributed by atoms with Gasteiger partial charge in [0.2, 0.25) is 0 Å². The molecule has 2 heterocycles. The molecule has 1 aliphatic heterocycles. The SMILES string of the molecule is CCN(CC)C1CCN(c2cnc(C(N)=NO)cn2)C1. The lowest BCUT2D eigenvalue weighted by Gasteiger charge is -2.26.